The van der Waals surface area contributed by atoms with Crippen LogP contribution in [0.5, 0.6) is 5.75 Å². The van der Waals surface area contributed by atoms with Crippen molar-refractivity contribution in [1.29, 1.82) is 0 Å². The monoisotopic (exact) mass is 484 g/mol. The number of benzene rings is 1. The van der Waals surface area contributed by atoms with Crippen LogP contribution in [0.4, 0.5) is 24.7 Å². The minimum atomic E-state index is -4.93. The second-order valence-corrected chi connectivity index (χ2v) is 7.00. The molecule has 0 aliphatic carbocycles. The molecule has 1 aromatic carbocycles. The third kappa shape index (κ3) is 4.56. The fraction of sp³-hybridized carbons (Fsp3) is 0.211. The number of carboxylic acids is 1. The minimum Gasteiger partial charge on any atom is -0.478 e. The Kier molecular flexibility index (Phi) is 6.01. The fourth-order valence-electron chi connectivity index (χ4n) is 2.76. The highest BCUT2D eigenvalue weighted by Gasteiger charge is 2.31. The van der Waals surface area contributed by atoms with Gasteiger partial charge in [-0.1, -0.05) is 13.0 Å². The summed E-state index contributed by atoms with van der Waals surface area (Å²) in [4.78, 5) is 16.0. The molecule has 0 saturated heterocycles. The van der Waals surface area contributed by atoms with Gasteiger partial charge in [0.2, 0.25) is 0 Å². The van der Waals surface area contributed by atoms with Gasteiger partial charge in [-0.2, -0.15) is 9.78 Å². The van der Waals surface area contributed by atoms with Crippen LogP contribution in [0.15, 0.2) is 41.0 Å². The second kappa shape index (κ2) is 8.34. The van der Waals surface area contributed by atoms with E-state index in [1.807, 2.05) is 19.9 Å². The zero-order valence-electron chi connectivity index (χ0n) is 15.8. The number of aromatic carboxylic acids is 1. The van der Waals surface area contributed by atoms with Gasteiger partial charge in [0.25, 0.3) is 0 Å². The maximum Gasteiger partial charge on any atom is 0.573 e. The van der Waals surface area contributed by atoms with Crippen molar-refractivity contribution in [3.8, 4) is 11.6 Å². The lowest BCUT2D eigenvalue weighted by Crippen LogP contribution is -2.17. The Morgan fingerprint density at radius 2 is 2.07 bits per heavy atom. The molecule has 158 valence electrons. The quantitative estimate of drug-likeness (QED) is 0.497. The van der Waals surface area contributed by atoms with Crippen LogP contribution in [0.3, 0.4) is 0 Å². The molecule has 0 spiro atoms. The molecule has 30 heavy (non-hydrogen) atoms. The summed E-state index contributed by atoms with van der Waals surface area (Å²) >= 11 is 3.46. The zero-order valence-corrected chi connectivity index (χ0v) is 17.4. The summed E-state index contributed by atoms with van der Waals surface area (Å²) in [6.07, 6.45) is -2.75. The second-order valence-electron chi connectivity index (χ2n) is 6.20. The highest BCUT2D eigenvalue weighted by atomic mass is 79.9. The van der Waals surface area contributed by atoms with E-state index in [1.54, 1.807) is 12.3 Å². The number of hydrogen-bond acceptors (Lipinski definition) is 5. The number of anilines is 2. The van der Waals surface area contributed by atoms with E-state index in [-0.39, 0.29) is 5.69 Å². The van der Waals surface area contributed by atoms with Gasteiger partial charge >= 0.3 is 12.3 Å². The smallest absolute Gasteiger partial charge is 0.478 e. The van der Waals surface area contributed by atoms with Crippen LogP contribution in [0.1, 0.15) is 28.5 Å². The lowest BCUT2D eigenvalue weighted by atomic mass is 10.1. The Bertz CT molecular complexity index is 1100. The number of halogens is 4. The van der Waals surface area contributed by atoms with E-state index in [4.69, 9.17) is 0 Å². The van der Waals surface area contributed by atoms with E-state index < -0.39 is 23.6 Å². The molecule has 3 rings (SSSR count). The van der Waals surface area contributed by atoms with Crippen molar-refractivity contribution in [1.82, 2.24) is 14.8 Å². The molecule has 3 aromatic rings. The number of aromatic nitrogens is 3. The standard InChI is InChI=1S/C19H16BrF3N4O3/c1-3-13-15(20)17(27(26-13)16-10(2)5-4-8-24-16)25-14-7-6-11(30-19(21,22)23)9-12(14)18(28)29/h4-9,25H,3H2,1-2H3,(H,28,29). The first-order chi connectivity index (χ1) is 14.1. The normalized spacial score (nSPS) is 11.4. The Morgan fingerprint density at radius 1 is 1.33 bits per heavy atom. The number of ether oxygens (including phenoxy) is 1. The number of pyridine rings is 1. The van der Waals surface area contributed by atoms with Gasteiger partial charge in [-0.15, -0.1) is 13.2 Å². The number of hydrogen-bond donors (Lipinski definition) is 2. The lowest BCUT2D eigenvalue weighted by Gasteiger charge is -2.15. The van der Waals surface area contributed by atoms with Crippen LogP contribution >= 0.6 is 15.9 Å². The third-order valence-corrected chi connectivity index (χ3v) is 4.95. The Hall–Kier alpha value is -3.08. The third-order valence-electron chi connectivity index (χ3n) is 4.12. The molecule has 0 amide bonds. The molecule has 2 heterocycles. The van der Waals surface area contributed by atoms with Gasteiger partial charge in [-0.3, -0.25) is 0 Å². The molecule has 0 aliphatic rings. The van der Waals surface area contributed by atoms with Crippen LogP contribution in [-0.2, 0) is 6.42 Å². The summed E-state index contributed by atoms with van der Waals surface area (Å²) in [6.45, 7) is 3.75. The van der Waals surface area contributed by atoms with E-state index in [0.717, 1.165) is 17.7 Å². The van der Waals surface area contributed by atoms with Crippen molar-refractivity contribution in [2.24, 2.45) is 0 Å². The van der Waals surface area contributed by atoms with Gasteiger partial charge in [0.1, 0.15) is 5.75 Å². The molecule has 11 heteroatoms. The number of carboxylic acid groups (broad SMARTS) is 1. The largest absolute Gasteiger partial charge is 0.573 e. The van der Waals surface area contributed by atoms with Gasteiger partial charge in [0, 0.05) is 6.20 Å². The first-order valence-electron chi connectivity index (χ1n) is 8.70. The molecule has 0 radical (unpaired) electrons. The van der Waals surface area contributed by atoms with E-state index in [1.165, 1.54) is 10.7 Å². The van der Waals surface area contributed by atoms with E-state index in [2.05, 4.69) is 36.1 Å². The molecule has 0 unspecified atom stereocenters. The van der Waals surface area contributed by atoms with Gasteiger partial charge in [-0.05, 0) is 59.1 Å². The van der Waals surface area contributed by atoms with Crippen LogP contribution in [0, 0.1) is 6.92 Å². The molecule has 0 aliphatic heterocycles. The average Bonchev–Trinajstić information content (AvgIpc) is 2.97. The molecule has 0 bridgehead atoms. The van der Waals surface area contributed by atoms with E-state index in [9.17, 15) is 23.1 Å². The summed E-state index contributed by atoms with van der Waals surface area (Å²) in [5.74, 6) is -1.14. The van der Waals surface area contributed by atoms with Crippen LogP contribution < -0.4 is 10.1 Å². The summed E-state index contributed by atoms with van der Waals surface area (Å²) < 4.78 is 43.4. The van der Waals surface area contributed by atoms with Gasteiger partial charge in [0.15, 0.2) is 11.6 Å². The first-order valence-corrected chi connectivity index (χ1v) is 9.49. The van der Waals surface area contributed by atoms with Gasteiger partial charge < -0.3 is 15.2 Å². The molecule has 2 aromatic heterocycles. The Morgan fingerprint density at radius 3 is 2.67 bits per heavy atom. The fourth-order valence-corrected chi connectivity index (χ4v) is 3.39. The summed E-state index contributed by atoms with van der Waals surface area (Å²) in [5, 5.41) is 17.0. The highest BCUT2D eigenvalue weighted by Crippen LogP contribution is 2.35. The summed E-state index contributed by atoms with van der Waals surface area (Å²) in [6, 6.07) is 6.65. The van der Waals surface area contributed by atoms with Gasteiger partial charge in [0.05, 0.1) is 21.4 Å². The first kappa shape index (κ1) is 21.6. The summed E-state index contributed by atoms with van der Waals surface area (Å²) in [5.41, 5.74) is 1.18. The maximum absolute atomic E-state index is 12.5. The van der Waals surface area contributed by atoms with E-state index in [0.29, 0.717) is 28.2 Å². The number of carbonyl (C=O) groups is 1. The molecule has 0 atom stereocenters. The van der Waals surface area contributed by atoms with Crippen molar-refractivity contribution in [2.45, 2.75) is 26.6 Å². The number of alkyl halides is 3. The van der Waals surface area contributed by atoms with Gasteiger partial charge in [-0.25, -0.2) is 9.78 Å². The lowest BCUT2D eigenvalue weighted by molar-refractivity contribution is -0.274. The highest BCUT2D eigenvalue weighted by molar-refractivity contribution is 9.10. The molecule has 7 nitrogen and oxygen atoms in total. The molecule has 0 fully saturated rings. The van der Waals surface area contributed by atoms with Crippen LogP contribution in [-0.4, -0.2) is 32.2 Å². The minimum absolute atomic E-state index is 0.0649. The van der Waals surface area contributed by atoms with Crippen molar-refractivity contribution in [2.75, 3.05) is 5.32 Å². The maximum atomic E-state index is 12.5. The Balaban J connectivity index is 2.09. The predicted octanol–water partition coefficient (Wildman–Crippen LogP) is 5.24. The van der Waals surface area contributed by atoms with Crippen LogP contribution in [0.2, 0.25) is 0 Å². The summed E-state index contributed by atoms with van der Waals surface area (Å²) in [7, 11) is 0. The van der Waals surface area contributed by atoms with E-state index >= 15 is 0 Å². The van der Waals surface area contributed by atoms with Crippen LogP contribution in [0.25, 0.3) is 5.82 Å². The van der Waals surface area contributed by atoms with Crippen molar-refractivity contribution in [3.63, 3.8) is 0 Å². The molecular formula is C19H16BrF3N4O3. The number of aryl methyl sites for hydroxylation is 2. The predicted molar refractivity (Wildman–Crippen MR) is 107 cm³/mol. The number of nitrogens with one attached hydrogen (secondary N) is 1. The van der Waals surface area contributed by atoms with Crippen molar-refractivity contribution < 1.29 is 27.8 Å². The average molecular weight is 485 g/mol. The molecule has 2 N–H and O–H groups in total. The molecular weight excluding hydrogens is 469 g/mol. The SMILES string of the molecule is CCc1nn(-c2ncccc2C)c(Nc2ccc(OC(F)(F)F)cc2C(=O)O)c1Br. The number of rotatable bonds is 6. The number of nitrogens with zero attached hydrogens (tertiary/aromatic N) is 3. The molecule has 0 saturated carbocycles. The topological polar surface area (TPSA) is 89.3 Å². The van der Waals surface area contributed by atoms with Crippen molar-refractivity contribution >= 4 is 33.4 Å². The van der Waals surface area contributed by atoms with Crippen molar-refractivity contribution in [3.05, 3.63) is 57.8 Å². The zero-order chi connectivity index (χ0) is 22.1. The Labute approximate surface area is 177 Å².